The van der Waals surface area contributed by atoms with Crippen molar-refractivity contribution in [2.24, 2.45) is 21.3 Å². The Bertz CT molecular complexity index is 864. The molecule has 0 amide bonds. The molecule has 0 aromatic carbocycles. The number of halogens is 3. The summed E-state index contributed by atoms with van der Waals surface area (Å²) in [5.74, 6) is 0.186. The van der Waals surface area contributed by atoms with E-state index in [4.69, 9.17) is 9.73 Å². The molecule has 1 aliphatic heterocycles. The van der Waals surface area contributed by atoms with Gasteiger partial charge in [-0.1, -0.05) is 32.4 Å². The Hall–Kier alpha value is -1.73. The van der Waals surface area contributed by atoms with Crippen molar-refractivity contribution >= 4 is 11.9 Å². The molecule has 7 heteroatoms. The number of hydrogen-bond donors (Lipinski definition) is 1. The van der Waals surface area contributed by atoms with Crippen LogP contribution in [0.3, 0.4) is 0 Å². The van der Waals surface area contributed by atoms with E-state index in [-0.39, 0.29) is 43.6 Å². The van der Waals surface area contributed by atoms with E-state index < -0.39 is 11.6 Å². The molecule has 198 valence electrons. The first-order chi connectivity index (χ1) is 16.4. The van der Waals surface area contributed by atoms with Crippen molar-refractivity contribution in [1.82, 2.24) is 0 Å². The molecular formula is C28H43F3N2O2. The zero-order valence-corrected chi connectivity index (χ0v) is 22.2. The summed E-state index contributed by atoms with van der Waals surface area (Å²) in [4.78, 5) is 9.38. The normalized spacial score (nSPS) is 25.1. The maximum atomic E-state index is 13.9. The lowest BCUT2D eigenvalue weighted by Crippen LogP contribution is -2.44. The highest BCUT2D eigenvalue weighted by Gasteiger charge is 2.59. The molecule has 0 aromatic rings. The predicted octanol–water partition coefficient (Wildman–Crippen LogP) is 7.39. The second kappa shape index (κ2) is 12.5. The van der Waals surface area contributed by atoms with Crippen LogP contribution in [0.4, 0.5) is 13.2 Å². The van der Waals surface area contributed by atoms with Crippen molar-refractivity contribution in [2.75, 3.05) is 6.61 Å². The standard InChI is InChI=1S/C28H43F3N2O2/c1-8-19(4)22(7)24(15-21(6)27(13-10-14-27)28(29,30)31)32-16-20(5)23-11-9-12-26(35-18(2)3)25(17-34)33-23/h15-16,18-19,25-26,34H,5,8-14,17H2,1-4,6-7H3/b21-15+,24-22+,32-16?. The SMILES string of the molecule is C=C(C=NC(/C=C(\C)C1(C(F)(F)F)CCC1)=C(\C)C(C)CC)C1=NC(CO)C(OC(C)C)CCC1. The van der Waals surface area contributed by atoms with Crippen LogP contribution in [-0.2, 0) is 4.74 Å². The monoisotopic (exact) mass is 496 g/mol. The summed E-state index contributed by atoms with van der Waals surface area (Å²) in [6, 6.07) is -0.371. The van der Waals surface area contributed by atoms with E-state index in [0.717, 1.165) is 30.5 Å². The number of rotatable bonds is 10. The van der Waals surface area contributed by atoms with Gasteiger partial charge in [-0.3, -0.25) is 9.98 Å². The van der Waals surface area contributed by atoms with Crippen molar-refractivity contribution in [3.05, 3.63) is 35.1 Å². The van der Waals surface area contributed by atoms with Gasteiger partial charge >= 0.3 is 6.18 Å². The molecule has 2 rings (SSSR count). The van der Waals surface area contributed by atoms with E-state index in [1.807, 2.05) is 20.8 Å². The van der Waals surface area contributed by atoms with Crippen LogP contribution in [0.25, 0.3) is 0 Å². The van der Waals surface area contributed by atoms with Crippen LogP contribution < -0.4 is 0 Å². The fourth-order valence-electron chi connectivity index (χ4n) is 4.73. The summed E-state index contributed by atoms with van der Waals surface area (Å²) >= 11 is 0. The van der Waals surface area contributed by atoms with Gasteiger partial charge in [0.05, 0.1) is 36.0 Å². The van der Waals surface area contributed by atoms with Gasteiger partial charge in [0.2, 0.25) is 0 Å². The molecule has 4 nitrogen and oxygen atoms in total. The number of hydrogen-bond acceptors (Lipinski definition) is 4. The Morgan fingerprint density at radius 3 is 2.40 bits per heavy atom. The van der Waals surface area contributed by atoms with Gasteiger partial charge in [0.15, 0.2) is 0 Å². The van der Waals surface area contributed by atoms with Gasteiger partial charge in [-0.15, -0.1) is 0 Å². The summed E-state index contributed by atoms with van der Waals surface area (Å²) in [5.41, 5.74) is 1.46. The maximum absolute atomic E-state index is 13.9. The lowest BCUT2D eigenvalue weighted by atomic mass is 9.63. The van der Waals surface area contributed by atoms with Gasteiger partial charge in [0.1, 0.15) is 0 Å². The van der Waals surface area contributed by atoms with Gasteiger partial charge in [0, 0.05) is 17.5 Å². The highest BCUT2D eigenvalue weighted by molar-refractivity contribution is 6.15. The summed E-state index contributed by atoms with van der Waals surface area (Å²) in [6.45, 7) is 15.6. The molecule has 1 aliphatic carbocycles. The van der Waals surface area contributed by atoms with Crippen LogP contribution in [0.15, 0.2) is 45.1 Å². The molecule has 1 N–H and O–H groups in total. The van der Waals surface area contributed by atoms with E-state index in [0.29, 0.717) is 29.7 Å². The molecule has 3 unspecified atom stereocenters. The number of aliphatic hydroxyl groups is 1. The third-order valence-electron chi connectivity index (χ3n) is 7.63. The third-order valence-corrected chi connectivity index (χ3v) is 7.63. The topological polar surface area (TPSA) is 54.2 Å². The fraction of sp³-hybridized carbons (Fsp3) is 0.714. The van der Waals surface area contributed by atoms with Crippen LogP contribution in [0.1, 0.15) is 86.5 Å². The molecule has 0 spiro atoms. The van der Waals surface area contributed by atoms with Crippen LogP contribution in [0.2, 0.25) is 0 Å². The first-order valence-corrected chi connectivity index (χ1v) is 12.9. The molecular weight excluding hydrogens is 453 g/mol. The average molecular weight is 497 g/mol. The minimum Gasteiger partial charge on any atom is -0.394 e. The molecule has 0 aromatic heterocycles. The summed E-state index contributed by atoms with van der Waals surface area (Å²) < 4.78 is 47.7. The van der Waals surface area contributed by atoms with Crippen molar-refractivity contribution in [1.29, 1.82) is 0 Å². The number of ether oxygens (including phenoxy) is 1. The van der Waals surface area contributed by atoms with E-state index in [1.165, 1.54) is 0 Å². The maximum Gasteiger partial charge on any atom is 0.398 e. The number of nitrogens with zero attached hydrogens (tertiary/aromatic N) is 2. The third kappa shape index (κ3) is 7.16. The molecule has 0 saturated heterocycles. The summed E-state index contributed by atoms with van der Waals surface area (Å²) in [5, 5.41) is 9.89. The molecule has 35 heavy (non-hydrogen) atoms. The first-order valence-electron chi connectivity index (χ1n) is 12.9. The Balaban J connectivity index is 2.37. The molecule has 3 atom stereocenters. The van der Waals surface area contributed by atoms with Gasteiger partial charge in [-0.25, -0.2) is 0 Å². The summed E-state index contributed by atoms with van der Waals surface area (Å²) in [7, 11) is 0. The predicted molar refractivity (Wildman–Crippen MR) is 138 cm³/mol. The quantitative estimate of drug-likeness (QED) is 0.253. The van der Waals surface area contributed by atoms with E-state index >= 15 is 0 Å². The number of alkyl halides is 3. The Kier molecular flexibility index (Phi) is 10.5. The minimum atomic E-state index is -4.27. The second-order valence-corrected chi connectivity index (χ2v) is 10.4. The first kappa shape index (κ1) is 29.5. The van der Waals surface area contributed by atoms with Crippen molar-refractivity contribution in [2.45, 2.75) is 111 Å². The molecule has 0 radical (unpaired) electrons. The number of aliphatic hydroxyl groups excluding tert-OH is 1. The Morgan fingerprint density at radius 1 is 1.26 bits per heavy atom. The Labute approximate surface area is 209 Å². The van der Waals surface area contributed by atoms with E-state index in [9.17, 15) is 18.3 Å². The smallest absolute Gasteiger partial charge is 0.394 e. The fourth-order valence-corrected chi connectivity index (χ4v) is 4.73. The Morgan fingerprint density at radius 2 is 1.91 bits per heavy atom. The average Bonchev–Trinajstić information content (AvgIpc) is 2.94. The lowest BCUT2D eigenvalue weighted by molar-refractivity contribution is -0.234. The van der Waals surface area contributed by atoms with E-state index in [2.05, 4.69) is 25.4 Å². The second-order valence-electron chi connectivity index (χ2n) is 10.4. The highest BCUT2D eigenvalue weighted by Crippen LogP contribution is 2.57. The van der Waals surface area contributed by atoms with Crippen LogP contribution in [-0.4, -0.2) is 48.1 Å². The van der Waals surface area contributed by atoms with Gasteiger partial charge in [0.25, 0.3) is 0 Å². The summed E-state index contributed by atoms with van der Waals surface area (Å²) in [6.07, 6.45) is 2.89. The van der Waals surface area contributed by atoms with Crippen LogP contribution >= 0.6 is 0 Å². The van der Waals surface area contributed by atoms with Crippen molar-refractivity contribution < 1.29 is 23.0 Å². The molecule has 0 bridgehead atoms. The van der Waals surface area contributed by atoms with Gasteiger partial charge < -0.3 is 9.84 Å². The van der Waals surface area contributed by atoms with Crippen LogP contribution in [0.5, 0.6) is 0 Å². The molecule has 1 fully saturated rings. The van der Waals surface area contributed by atoms with Crippen LogP contribution in [0, 0.1) is 11.3 Å². The zero-order chi connectivity index (χ0) is 26.4. The highest BCUT2D eigenvalue weighted by atomic mass is 19.4. The molecule has 2 aliphatic rings. The number of allylic oxidation sites excluding steroid dienone is 4. The van der Waals surface area contributed by atoms with E-state index in [1.54, 1.807) is 19.2 Å². The largest absolute Gasteiger partial charge is 0.398 e. The van der Waals surface area contributed by atoms with Crippen molar-refractivity contribution in [3.63, 3.8) is 0 Å². The molecule has 1 saturated carbocycles. The minimum absolute atomic E-state index is 0.0393. The van der Waals surface area contributed by atoms with Gasteiger partial charge in [-0.05, 0) is 83.8 Å². The zero-order valence-electron chi connectivity index (χ0n) is 22.2. The molecule has 1 heterocycles. The lowest BCUT2D eigenvalue weighted by Gasteiger charge is -2.44. The number of aliphatic imine (C=N–C) groups is 2. The van der Waals surface area contributed by atoms with Crippen molar-refractivity contribution in [3.8, 4) is 0 Å². The van der Waals surface area contributed by atoms with Gasteiger partial charge in [-0.2, -0.15) is 13.2 Å².